The van der Waals surface area contributed by atoms with E-state index in [1.807, 2.05) is 60.7 Å². The van der Waals surface area contributed by atoms with Gasteiger partial charge in [-0.25, -0.2) is 9.78 Å². The molecule has 2 amide bonds. The molecule has 1 aliphatic rings. The molecular weight excluding hydrogens is 514 g/mol. The van der Waals surface area contributed by atoms with Gasteiger partial charge < -0.3 is 15.0 Å². The average Bonchev–Trinajstić information content (AvgIpc) is 3.53. The maximum atomic E-state index is 13.4. The van der Waals surface area contributed by atoms with Crippen LogP contribution in [0, 0.1) is 0 Å². The van der Waals surface area contributed by atoms with Crippen LogP contribution in [0.1, 0.15) is 31.9 Å². The molecule has 3 aromatic carbocycles. The summed E-state index contributed by atoms with van der Waals surface area (Å²) in [5, 5.41) is 4.81. The lowest BCUT2D eigenvalue weighted by Crippen LogP contribution is -2.35. The van der Waals surface area contributed by atoms with Gasteiger partial charge in [0, 0.05) is 22.5 Å². The summed E-state index contributed by atoms with van der Waals surface area (Å²) in [6.45, 7) is 1.01. The van der Waals surface area contributed by atoms with Crippen LogP contribution in [-0.4, -0.2) is 35.5 Å². The fraction of sp³-hybridized carbons (Fsp3) is 0.167. The van der Waals surface area contributed by atoms with E-state index in [0.29, 0.717) is 25.1 Å². The van der Waals surface area contributed by atoms with Crippen molar-refractivity contribution in [1.82, 2.24) is 9.88 Å². The van der Waals surface area contributed by atoms with Crippen LogP contribution in [0.2, 0.25) is 0 Å². The minimum Gasteiger partial charge on any atom is -0.453 e. The molecule has 190 valence electrons. The number of carbonyl (C=O) groups is 2. The van der Waals surface area contributed by atoms with Gasteiger partial charge in [0.15, 0.2) is 0 Å². The number of benzene rings is 3. The zero-order chi connectivity index (χ0) is 26.1. The molecule has 0 atom stereocenters. The third-order valence-electron chi connectivity index (χ3n) is 6.69. The molecule has 0 bridgehead atoms. The number of fused-ring (bicyclic) bond motifs is 2. The number of anilines is 1. The maximum Gasteiger partial charge on any atom is 0.409 e. The quantitative estimate of drug-likeness (QED) is 0.261. The summed E-state index contributed by atoms with van der Waals surface area (Å²) in [4.78, 5) is 33.2. The monoisotopic (exact) mass is 539 g/mol. The summed E-state index contributed by atoms with van der Waals surface area (Å²) in [7, 11) is 1.40. The molecule has 8 heteroatoms. The minimum absolute atomic E-state index is 0.165. The van der Waals surface area contributed by atoms with Crippen LogP contribution < -0.4 is 5.32 Å². The highest BCUT2D eigenvalue weighted by atomic mass is 32.1. The van der Waals surface area contributed by atoms with Gasteiger partial charge in [0.2, 0.25) is 0 Å². The Bertz CT molecular complexity index is 1590. The summed E-state index contributed by atoms with van der Waals surface area (Å²) >= 11 is 3.13. The summed E-state index contributed by atoms with van der Waals surface area (Å²) < 4.78 is 6.05. The van der Waals surface area contributed by atoms with Crippen LogP contribution in [0.25, 0.3) is 20.8 Å². The SMILES string of the molecule is COC(=O)N1CCc2c(sc(NC(=O)c3ccc(Cc4ccccc4)cc3)c2-c2nc3ccccc3s2)C1. The number of para-hydroxylation sites is 1. The van der Waals surface area contributed by atoms with Gasteiger partial charge >= 0.3 is 6.09 Å². The average molecular weight is 540 g/mol. The first-order valence-electron chi connectivity index (χ1n) is 12.4. The molecule has 5 aromatic rings. The van der Waals surface area contributed by atoms with E-state index in [0.717, 1.165) is 48.2 Å². The van der Waals surface area contributed by atoms with E-state index in [2.05, 4.69) is 23.5 Å². The van der Waals surface area contributed by atoms with Gasteiger partial charge in [0.25, 0.3) is 5.91 Å². The Labute approximate surface area is 228 Å². The number of nitrogens with one attached hydrogen (secondary N) is 1. The van der Waals surface area contributed by atoms with Crippen molar-refractivity contribution in [2.24, 2.45) is 0 Å². The smallest absolute Gasteiger partial charge is 0.409 e. The highest BCUT2D eigenvalue weighted by Gasteiger charge is 2.30. The Morgan fingerprint density at radius 2 is 1.68 bits per heavy atom. The predicted octanol–water partition coefficient (Wildman–Crippen LogP) is 6.99. The van der Waals surface area contributed by atoms with E-state index in [1.165, 1.54) is 24.0 Å². The molecule has 0 spiro atoms. The Balaban J connectivity index is 1.31. The predicted molar refractivity (Wildman–Crippen MR) is 153 cm³/mol. The van der Waals surface area contributed by atoms with Crippen LogP contribution in [0.15, 0.2) is 78.9 Å². The second-order valence-electron chi connectivity index (χ2n) is 9.15. The van der Waals surface area contributed by atoms with Crippen molar-refractivity contribution in [2.75, 3.05) is 19.0 Å². The van der Waals surface area contributed by atoms with Gasteiger partial charge in [-0.05, 0) is 53.8 Å². The summed E-state index contributed by atoms with van der Waals surface area (Å²) in [5.41, 5.74) is 6.02. The van der Waals surface area contributed by atoms with Gasteiger partial charge in [-0.3, -0.25) is 4.79 Å². The summed E-state index contributed by atoms with van der Waals surface area (Å²) in [6.07, 6.45) is 1.15. The van der Waals surface area contributed by atoms with E-state index in [9.17, 15) is 9.59 Å². The molecule has 38 heavy (non-hydrogen) atoms. The van der Waals surface area contributed by atoms with Gasteiger partial charge in [-0.2, -0.15) is 0 Å². The van der Waals surface area contributed by atoms with E-state index >= 15 is 0 Å². The third kappa shape index (κ3) is 4.80. The lowest BCUT2D eigenvalue weighted by atomic mass is 10.0. The van der Waals surface area contributed by atoms with Crippen LogP contribution in [0.3, 0.4) is 0 Å². The fourth-order valence-electron chi connectivity index (χ4n) is 4.76. The normalized spacial score (nSPS) is 12.8. The zero-order valence-corrected chi connectivity index (χ0v) is 22.4. The number of nitrogens with zero attached hydrogens (tertiary/aromatic N) is 2. The van der Waals surface area contributed by atoms with E-state index < -0.39 is 0 Å². The van der Waals surface area contributed by atoms with E-state index in [1.54, 1.807) is 16.2 Å². The van der Waals surface area contributed by atoms with Gasteiger partial charge in [-0.1, -0.05) is 54.6 Å². The second-order valence-corrected chi connectivity index (χ2v) is 11.3. The Hall–Kier alpha value is -4.01. The number of hydrogen-bond acceptors (Lipinski definition) is 6. The molecule has 0 radical (unpaired) electrons. The van der Waals surface area contributed by atoms with Crippen LogP contribution in [-0.2, 0) is 24.1 Å². The molecule has 0 fully saturated rings. The minimum atomic E-state index is -0.341. The first-order valence-corrected chi connectivity index (χ1v) is 14.0. The van der Waals surface area contributed by atoms with Crippen molar-refractivity contribution in [3.63, 3.8) is 0 Å². The van der Waals surface area contributed by atoms with Gasteiger partial charge in [-0.15, -0.1) is 22.7 Å². The van der Waals surface area contributed by atoms with Gasteiger partial charge in [0.05, 0.1) is 23.9 Å². The number of carbonyl (C=O) groups excluding carboxylic acids is 2. The number of thiazole rings is 1. The molecule has 3 heterocycles. The largest absolute Gasteiger partial charge is 0.453 e. The van der Waals surface area contributed by atoms with Crippen molar-refractivity contribution in [3.8, 4) is 10.6 Å². The molecule has 6 rings (SSSR count). The number of aromatic nitrogens is 1. The molecule has 1 N–H and O–H groups in total. The van der Waals surface area contributed by atoms with Crippen molar-refractivity contribution in [2.45, 2.75) is 19.4 Å². The lowest BCUT2D eigenvalue weighted by Gasteiger charge is -2.25. The molecule has 6 nitrogen and oxygen atoms in total. The Kier molecular flexibility index (Phi) is 6.66. The first-order chi connectivity index (χ1) is 18.6. The number of amides is 2. The van der Waals surface area contributed by atoms with Crippen molar-refractivity contribution in [1.29, 1.82) is 0 Å². The number of thiophene rings is 1. The summed E-state index contributed by atoms with van der Waals surface area (Å²) in [5.74, 6) is -0.165. The number of hydrogen-bond donors (Lipinski definition) is 1. The molecule has 0 saturated carbocycles. The first kappa shape index (κ1) is 24.3. The molecule has 0 unspecified atom stereocenters. The second kappa shape index (κ2) is 10.4. The molecule has 0 aliphatic carbocycles. The molecule has 0 saturated heterocycles. The highest BCUT2D eigenvalue weighted by Crippen LogP contribution is 2.45. The van der Waals surface area contributed by atoms with E-state index in [-0.39, 0.29) is 12.0 Å². The third-order valence-corrected chi connectivity index (χ3v) is 8.88. The van der Waals surface area contributed by atoms with Crippen LogP contribution in [0.4, 0.5) is 9.80 Å². The Morgan fingerprint density at radius 3 is 2.45 bits per heavy atom. The zero-order valence-electron chi connectivity index (χ0n) is 20.8. The Morgan fingerprint density at radius 1 is 0.947 bits per heavy atom. The standard InChI is InChI=1S/C30H25N3O3S2/c1-36-30(35)33-16-15-22-25(18-33)38-29(26(22)28-31-23-9-5-6-10-24(23)37-28)32-27(34)21-13-11-20(12-14-21)17-19-7-3-2-4-8-19/h2-14H,15-18H2,1H3,(H,32,34). The highest BCUT2D eigenvalue weighted by molar-refractivity contribution is 7.23. The molecule has 2 aromatic heterocycles. The molecular formula is C30H25N3O3S2. The summed E-state index contributed by atoms with van der Waals surface area (Å²) in [6, 6.07) is 26.1. The van der Waals surface area contributed by atoms with Gasteiger partial charge in [0.1, 0.15) is 10.0 Å². The lowest BCUT2D eigenvalue weighted by molar-refractivity contribution is 0.102. The van der Waals surface area contributed by atoms with E-state index in [4.69, 9.17) is 9.72 Å². The van der Waals surface area contributed by atoms with Crippen molar-refractivity contribution >= 4 is 49.9 Å². The maximum absolute atomic E-state index is 13.4. The number of ether oxygens (including phenoxy) is 1. The topological polar surface area (TPSA) is 71.5 Å². The molecule has 1 aliphatic heterocycles. The fourth-order valence-corrected chi connectivity index (χ4v) is 7.13. The van der Waals surface area contributed by atoms with Crippen LogP contribution >= 0.6 is 22.7 Å². The number of methoxy groups -OCH3 is 1. The number of rotatable bonds is 5. The van der Waals surface area contributed by atoms with Crippen LogP contribution in [0.5, 0.6) is 0 Å². The van der Waals surface area contributed by atoms with Crippen molar-refractivity contribution in [3.05, 3.63) is 106 Å². The van der Waals surface area contributed by atoms with Crippen molar-refractivity contribution < 1.29 is 14.3 Å².